The number of carbonyl (C=O) groups excluding carboxylic acids is 1. The molecule has 0 spiro atoms. The molecule has 2 N–H and O–H groups in total. The molecule has 3 aliphatic heterocycles. The summed E-state index contributed by atoms with van der Waals surface area (Å²) in [5.74, 6) is -1.52. The smallest absolute Gasteiger partial charge is 0.497 e. The van der Waals surface area contributed by atoms with E-state index < -0.39 is 61.4 Å². The molecule has 5 atom stereocenters. The number of aromatic nitrogens is 1. The molecule has 0 bridgehead atoms. The number of carboxylic acid groups (broad SMARTS) is 1. The van der Waals surface area contributed by atoms with Crippen molar-refractivity contribution in [2.45, 2.75) is 54.7 Å². The first-order valence-electron chi connectivity index (χ1n) is 16.5. The molecule has 6 rings (SSSR count). The van der Waals surface area contributed by atoms with E-state index in [2.05, 4.69) is 21.3 Å². The Morgan fingerprint density at radius 1 is 1.10 bits per heavy atom. The van der Waals surface area contributed by atoms with Gasteiger partial charge in [0.1, 0.15) is 24.0 Å². The van der Waals surface area contributed by atoms with Crippen molar-refractivity contribution in [1.29, 1.82) is 5.26 Å². The lowest BCUT2D eigenvalue weighted by molar-refractivity contribution is -0.778. The van der Waals surface area contributed by atoms with Crippen LogP contribution >= 0.6 is 0 Å². The van der Waals surface area contributed by atoms with E-state index in [0.717, 1.165) is 0 Å². The Morgan fingerprint density at radius 2 is 1.82 bits per heavy atom. The Labute approximate surface area is 291 Å². The number of pyridine rings is 1. The number of carbonyl (C=O) groups is 2. The number of methoxy groups -OCH3 is 2. The maximum Gasteiger partial charge on any atom is 0.529 e. The molecular weight excluding hydrogens is 664 g/mol. The van der Waals surface area contributed by atoms with E-state index >= 15 is 8.42 Å². The molecule has 3 aliphatic rings. The van der Waals surface area contributed by atoms with Crippen LogP contribution in [-0.2, 0) is 14.8 Å². The minimum Gasteiger partial charge on any atom is -0.497 e. The molecule has 50 heavy (non-hydrogen) atoms. The number of rotatable bonds is 9. The molecule has 3 aromatic rings. The summed E-state index contributed by atoms with van der Waals surface area (Å²) in [7, 11) is -0.352. The third-order valence-corrected chi connectivity index (χ3v) is 12.5. The zero-order valence-corrected chi connectivity index (χ0v) is 29.2. The van der Waals surface area contributed by atoms with Crippen molar-refractivity contribution in [2.75, 3.05) is 52.8 Å². The third kappa shape index (κ3) is 5.62. The second-order valence-corrected chi connectivity index (χ2v) is 14.7. The lowest BCUT2D eigenvalue weighted by atomic mass is 9.79. The Balaban J connectivity index is 1.73. The summed E-state index contributed by atoms with van der Waals surface area (Å²) < 4.78 is 46.1. The van der Waals surface area contributed by atoms with Gasteiger partial charge in [-0.05, 0) is 69.7 Å². The van der Waals surface area contributed by atoms with Crippen molar-refractivity contribution < 1.29 is 41.2 Å². The van der Waals surface area contributed by atoms with Crippen LogP contribution in [0.5, 0.6) is 17.4 Å². The lowest BCUT2D eigenvalue weighted by Gasteiger charge is -2.55. The van der Waals surface area contributed by atoms with Crippen LogP contribution in [0.1, 0.15) is 42.9 Å². The van der Waals surface area contributed by atoms with Crippen molar-refractivity contribution in [3.8, 4) is 23.4 Å². The number of benzene rings is 2. The van der Waals surface area contributed by atoms with Crippen LogP contribution in [0.4, 0.5) is 10.5 Å². The quantitative estimate of drug-likeness (QED) is 0.309. The van der Waals surface area contributed by atoms with E-state index in [4.69, 9.17) is 14.2 Å². The Kier molecular flexibility index (Phi) is 9.73. The molecule has 2 amide bonds. The number of piperazine rings is 1. The van der Waals surface area contributed by atoms with Crippen molar-refractivity contribution in [3.05, 3.63) is 71.9 Å². The van der Waals surface area contributed by atoms with E-state index in [1.54, 1.807) is 43.3 Å². The van der Waals surface area contributed by atoms with Crippen LogP contribution in [0, 0.1) is 11.3 Å². The van der Waals surface area contributed by atoms with Gasteiger partial charge in [-0.15, -0.1) is 3.89 Å². The van der Waals surface area contributed by atoms with Gasteiger partial charge in [0, 0.05) is 29.6 Å². The Morgan fingerprint density at radius 3 is 2.48 bits per heavy atom. The number of anilines is 1. The highest BCUT2D eigenvalue weighted by Gasteiger charge is 2.70. The van der Waals surface area contributed by atoms with Crippen LogP contribution < -0.4 is 19.5 Å². The number of piperidine rings is 1. The summed E-state index contributed by atoms with van der Waals surface area (Å²) in [6.45, 7) is 2.73. The molecule has 264 valence electrons. The largest absolute Gasteiger partial charge is 0.529 e. The maximum absolute atomic E-state index is 15.4. The highest BCUT2D eigenvalue weighted by molar-refractivity contribution is 7.86. The number of hydrogen-bond acceptors (Lipinski definition) is 11. The Bertz CT molecular complexity index is 1930. The number of para-hydroxylation sites is 1. The van der Waals surface area contributed by atoms with Gasteiger partial charge in [0.2, 0.25) is 11.8 Å². The van der Waals surface area contributed by atoms with E-state index in [0.29, 0.717) is 48.5 Å². The number of likely N-dealkylation sites (tertiary alicyclic amines) is 1. The number of ether oxygens (including phenoxy) is 3. The number of nitrogens with zero attached hydrogens (tertiary/aromatic N) is 5. The predicted octanol–water partition coefficient (Wildman–Crippen LogP) is 3.83. The molecule has 5 unspecified atom stereocenters. The van der Waals surface area contributed by atoms with Gasteiger partial charge < -0.3 is 29.5 Å². The highest BCUT2D eigenvalue weighted by Crippen LogP contribution is 2.54. The van der Waals surface area contributed by atoms with Crippen molar-refractivity contribution in [2.24, 2.45) is 0 Å². The lowest BCUT2D eigenvalue weighted by Crippen LogP contribution is -2.76. The normalized spacial score (nSPS) is 26.0. The standard InChI is InChI=1S/C35H40N6O8S/c1-5-49-34-26(10-8-16-37-34)31-32(30-25-9-6-7-11-27(25)38-33(30)42)41(35(43)44,21-23(20-36)40(31)22-14-17-39(2)18-15-22)50(45,46)29-13-12-24(47-3)19-28(29)48-4/h6-13,16,19,22-23,30-32H,5,14-15,17-18,21H2,1-4H3,(H-,38,42,43,44)/p+1. The minimum absolute atomic E-state index is 0.141. The zero-order valence-electron chi connectivity index (χ0n) is 28.4. The van der Waals surface area contributed by atoms with Crippen molar-refractivity contribution >= 4 is 27.7 Å². The minimum atomic E-state index is -5.05. The average molecular weight is 706 g/mol. The van der Waals surface area contributed by atoms with Gasteiger partial charge in [-0.2, -0.15) is 18.5 Å². The summed E-state index contributed by atoms with van der Waals surface area (Å²) in [5.41, 5.74) is 1.29. The van der Waals surface area contributed by atoms with Gasteiger partial charge in [0.05, 0.1) is 32.9 Å². The molecule has 15 heteroatoms. The summed E-state index contributed by atoms with van der Waals surface area (Å²) >= 11 is 0. The van der Waals surface area contributed by atoms with E-state index in [9.17, 15) is 20.0 Å². The molecule has 0 radical (unpaired) electrons. The second-order valence-electron chi connectivity index (χ2n) is 12.7. The number of hydrogen-bond donors (Lipinski definition) is 2. The first-order valence-corrected chi connectivity index (χ1v) is 17.9. The molecule has 2 aromatic carbocycles. The summed E-state index contributed by atoms with van der Waals surface area (Å²) in [5, 5.41) is 25.3. The molecule has 2 fully saturated rings. The fraction of sp³-hybridized carbons (Fsp3) is 0.429. The van der Waals surface area contributed by atoms with Crippen LogP contribution in [-0.4, -0.2) is 110 Å². The molecule has 0 aliphatic carbocycles. The molecular formula is C35H41N6O8S+. The second kappa shape index (κ2) is 13.9. The number of nitriles is 1. The predicted molar refractivity (Wildman–Crippen MR) is 181 cm³/mol. The van der Waals surface area contributed by atoms with Gasteiger partial charge in [-0.3, -0.25) is 9.69 Å². The molecule has 2 saturated heterocycles. The SMILES string of the molecule is CCOc1ncccc1C1C(C2C(=O)Nc3ccccc32)[N+](C(=O)O)(S(=O)(=O)c2ccc(OC)cc2OC)CC(C#N)N1C1CCN(C)CC1. The molecule has 14 nitrogen and oxygen atoms in total. The summed E-state index contributed by atoms with van der Waals surface area (Å²) in [4.78, 5) is 36.7. The van der Waals surface area contributed by atoms with Crippen LogP contribution in [0.2, 0.25) is 0 Å². The van der Waals surface area contributed by atoms with Crippen LogP contribution in [0.25, 0.3) is 0 Å². The van der Waals surface area contributed by atoms with E-state index in [1.165, 1.54) is 38.6 Å². The summed E-state index contributed by atoms with van der Waals surface area (Å²) in [6, 6.07) is 12.4. The van der Waals surface area contributed by atoms with Crippen LogP contribution in [0.15, 0.2) is 65.7 Å². The van der Waals surface area contributed by atoms with Gasteiger partial charge >= 0.3 is 16.1 Å². The number of amides is 2. The van der Waals surface area contributed by atoms with Crippen LogP contribution in [0.3, 0.4) is 0 Å². The number of nitrogens with one attached hydrogen (secondary N) is 1. The van der Waals surface area contributed by atoms with Crippen molar-refractivity contribution in [1.82, 2.24) is 14.8 Å². The Hall–Kier alpha value is -4.75. The monoisotopic (exact) mass is 705 g/mol. The fourth-order valence-electron chi connectivity index (χ4n) is 7.91. The molecule has 0 saturated carbocycles. The first kappa shape index (κ1) is 35.1. The fourth-order valence-corrected chi connectivity index (χ4v) is 10.00. The molecule has 4 heterocycles. The number of fused-ring (bicyclic) bond motifs is 1. The number of sulfonamides is 1. The van der Waals surface area contributed by atoms with Gasteiger partial charge in [0.15, 0.2) is 17.0 Å². The van der Waals surface area contributed by atoms with Gasteiger partial charge in [-0.25, -0.2) is 4.98 Å². The third-order valence-electron chi connectivity index (χ3n) is 10.2. The van der Waals surface area contributed by atoms with Crippen molar-refractivity contribution in [3.63, 3.8) is 0 Å². The molecule has 1 aromatic heterocycles. The topological polar surface area (TPSA) is 171 Å². The zero-order chi connectivity index (χ0) is 35.8. The first-order chi connectivity index (χ1) is 24.0. The average Bonchev–Trinajstić information content (AvgIpc) is 3.45. The highest BCUT2D eigenvalue weighted by atomic mass is 32.2. The van der Waals surface area contributed by atoms with E-state index in [1.807, 2.05) is 11.9 Å². The van der Waals surface area contributed by atoms with Gasteiger partial charge in [0.25, 0.3) is 0 Å². The maximum atomic E-state index is 15.4. The number of quaternary nitrogens is 1. The van der Waals surface area contributed by atoms with E-state index in [-0.39, 0.29) is 24.3 Å². The summed E-state index contributed by atoms with van der Waals surface area (Å²) in [6.07, 6.45) is 1.05. The van der Waals surface area contributed by atoms with Gasteiger partial charge in [-0.1, -0.05) is 24.3 Å².